The second kappa shape index (κ2) is 13.0. The molecule has 158 valence electrons. The molecule has 28 heavy (non-hydrogen) atoms. The highest BCUT2D eigenvalue weighted by atomic mass is 127. The third kappa shape index (κ3) is 7.95. The number of H-pyrrole nitrogens is 1. The molecule has 0 bridgehead atoms. The Labute approximate surface area is 184 Å². The van der Waals surface area contributed by atoms with Gasteiger partial charge in [0.25, 0.3) is 0 Å². The standard InChI is InChI=1S/C21H33FN4O.HI/c1-4-23-21(26-13-16(8-10-27)11-15(2)3)24-9-7-17-14-25-20-12-18(22)5-6-19(17)20;/h5-6,12,14-16,25,27H,4,7-11,13H2,1-3H3,(H2,23,24,26);1H. The Balaban J connectivity index is 0.00000392. The molecule has 2 aromatic rings. The minimum absolute atomic E-state index is 0. The Morgan fingerprint density at radius 2 is 2.07 bits per heavy atom. The average molecular weight is 504 g/mol. The van der Waals surface area contributed by atoms with Crippen LogP contribution < -0.4 is 10.6 Å². The van der Waals surface area contributed by atoms with Gasteiger partial charge < -0.3 is 20.7 Å². The number of aliphatic hydroxyl groups excluding tert-OH is 1. The van der Waals surface area contributed by atoms with Crippen LogP contribution in [0, 0.1) is 17.7 Å². The van der Waals surface area contributed by atoms with Crippen LogP contribution >= 0.6 is 24.0 Å². The molecule has 1 atom stereocenters. The van der Waals surface area contributed by atoms with E-state index in [2.05, 4.69) is 29.5 Å². The molecule has 1 aromatic carbocycles. The fourth-order valence-electron chi connectivity index (χ4n) is 3.38. The molecule has 0 radical (unpaired) electrons. The summed E-state index contributed by atoms with van der Waals surface area (Å²) in [7, 11) is 0. The quantitative estimate of drug-likeness (QED) is 0.224. The van der Waals surface area contributed by atoms with Crippen molar-refractivity contribution in [2.45, 2.75) is 40.0 Å². The van der Waals surface area contributed by atoms with Gasteiger partial charge in [0.2, 0.25) is 0 Å². The summed E-state index contributed by atoms with van der Waals surface area (Å²) in [6, 6.07) is 4.84. The molecule has 1 unspecified atom stereocenters. The molecule has 0 fully saturated rings. The van der Waals surface area contributed by atoms with Crippen molar-refractivity contribution in [2.75, 3.05) is 26.2 Å². The number of hydrogen-bond acceptors (Lipinski definition) is 2. The lowest BCUT2D eigenvalue weighted by Gasteiger charge is -2.17. The van der Waals surface area contributed by atoms with Gasteiger partial charge >= 0.3 is 0 Å². The van der Waals surface area contributed by atoms with Crippen LogP contribution in [0.3, 0.4) is 0 Å². The van der Waals surface area contributed by atoms with Crippen molar-refractivity contribution in [3.8, 4) is 0 Å². The molecule has 0 aliphatic carbocycles. The molecule has 0 amide bonds. The number of aliphatic imine (C=N–C) groups is 1. The molecule has 0 saturated heterocycles. The summed E-state index contributed by atoms with van der Waals surface area (Å²) in [6.07, 6.45) is 4.61. The maximum atomic E-state index is 13.3. The van der Waals surface area contributed by atoms with Gasteiger partial charge in [-0.3, -0.25) is 4.99 Å². The second-order valence-corrected chi connectivity index (χ2v) is 7.41. The number of nitrogens with one attached hydrogen (secondary N) is 3. The predicted octanol–water partition coefficient (Wildman–Crippen LogP) is 4.07. The van der Waals surface area contributed by atoms with Gasteiger partial charge in [-0.1, -0.05) is 13.8 Å². The SMILES string of the molecule is CCNC(=NCC(CCO)CC(C)C)NCCc1c[nH]c2cc(F)ccc12.I. The first-order valence-corrected chi connectivity index (χ1v) is 9.92. The van der Waals surface area contributed by atoms with Gasteiger partial charge in [0.05, 0.1) is 0 Å². The number of aromatic amines is 1. The fraction of sp³-hybridized carbons (Fsp3) is 0.571. The Morgan fingerprint density at radius 3 is 2.75 bits per heavy atom. The minimum Gasteiger partial charge on any atom is -0.396 e. The summed E-state index contributed by atoms with van der Waals surface area (Å²) in [5, 5.41) is 17.0. The molecule has 0 saturated carbocycles. The first kappa shape index (κ1) is 24.7. The number of hydrogen-bond donors (Lipinski definition) is 4. The van der Waals surface area contributed by atoms with Crippen molar-refractivity contribution in [3.05, 3.63) is 35.8 Å². The van der Waals surface area contributed by atoms with Gasteiger partial charge in [-0.25, -0.2) is 4.39 Å². The molecular formula is C21H34FIN4O. The van der Waals surface area contributed by atoms with E-state index in [0.29, 0.717) is 18.4 Å². The number of benzene rings is 1. The lowest BCUT2D eigenvalue weighted by molar-refractivity contribution is 0.245. The van der Waals surface area contributed by atoms with E-state index in [1.165, 1.54) is 12.1 Å². The van der Waals surface area contributed by atoms with Crippen LogP contribution in [0.1, 0.15) is 39.2 Å². The largest absolute Gasteiger partial charge is 0.396 e. The zero-order valence-corrected chi connectivity index (χ0v) is 19.4. The third-order valence-corrected chi connectivity index (χ3v) is 4.61. The van der Waals surface area contributed by atoms with E-state index < -0.39 is 0 Å². The van der Waals surface area contributed by atoms with E-state index in [4.69, 9.17) is 4.99 Å². The Hall–Kier alpha value is -1.35. The van der Waals surface area contributed by atoms with Crippen LogP contribution in [0.25, 0.3) is 10.9 Å². The number of aliphatic hydroxyl groups is 1. The van der Waals surface area contributed by atoms with E-state index >= 15 is 0 Å². The van der Waals surface area contributed by atoms with Crippen molar-refractivity contribution in [1.29, 1.82) is 0 Å². The highest BCUT2D eigenvalue weighted by Crippen LogP contribution is 2.19. The van der Waals surface area contributed by atoms with Crippen LogP contribution in [0.5, 0.6) is 0 Å². The topological polar surface area (TPSA) is 72.4 Å². The molecule has 7 heteroatoms. The van der Waals surface area contributed by atoms with Crippen molar-refractivity contribution < 1.29 is 9.50 Å². The maximum Gasteiger partial charge on any atom is 0.191 e. The zero-order chi connectivity index (χ0) is 19.6. The average Bonchev–Trinajstić information content (AvgIpc) is 3.01. The number of nitrogens with zero attached hydrogens (tertiary/aromatic N) is 1. The third-order valence-electron chi connectivity index (χ3n) is 4.61. The number of guanidine groups is 1. The van der Waals surface area contributed by atoms with Crippen LogP contribution in [0.4, 0.5) is 4.39 Å². The molecular weight excluding hydrogens is 470 g/mol. The van der Waals surface area contributed by atoms with Crippen molar-refractivity contribution in [3.63, 3.8) is 0 Å². The van der Waals surface area contributed by atoms with Crippen LogP contribution in [0.2, 0.25) is 0 Å². The van der Waals surface area contributed by atoms with Gasteiger partial charge in [-0.2, -0.15) is 0 Å². The molecule has 2 rings (SSSR count). The van der Waals surface area contributed by atoms with Gasteiger partial charge in [0.1, 0.15) is 5.82 Å². The summed E-state index contributed by atoms with van der Waals surface area (Å²) < 4.78 is 13.3. The molecule has 5 nitrogen and oxygen atoms in total. The normalized spacial score (nSPS) is 12.9. The Morgan fingerprint density at radius 1 is 1.29 bits per heavy atom. The number of halogens is 2. The molecule has 1 aromatic heterocycles. The van der Waals surface area contributed by atoms with Crippen LogP contribution in [-0.2, 0) is 6.42 Å². The van der Waals surface area contributed by atoms with E-state index in [9.17, 15) is 9.50 Å². The summed E-state index contributed by atoms with van der Waals surface area (Å²) in [4.78, 5) is 7.83. The lowest BCUT2D eigenvalue weighted by Crippen LogP contribution is -2.38. The monoisotopic (exact) mass is 504 g/mol. The molecule has 0 aliphatic rings. The summed E-state index contributed by atoms with van der Waals surface area (Å²) in [6.45, 7) is 8.90. The number of rotatable bonds is 10. The van der Waals surface area contributed by atoms with E-state index in [1.54, 1.807) is 0 Å². The first-order chi connectivity index (χ1) is 13.0. The van der Waals surface area contributed by atoms with Crippen molar-refractivity contribution in [1.82, 2.24) is 15.6 Å². The molecule has 0 aliphatic heterocycles. The summed E-state index contributed by atoms with van der Waals surface area (Å²) in [5.74, 6) is 1.57. The first-order valence-electron chi connectivity index (χ1n) is 9.92. The van der Waals surface area contributed by atoms with E-state index in [0.717, 1.165) is 54.8 Å². The van der Waals surface area contributed by atoms with E-state index in [-0.39, 0.29) is 36.4 Å². The zero-order valence-electron chi connectivity index (χ0n) is 17.1. The number of fused-ring (bicyclic) bond motifs is 1. The second-order valence-electron chi connectivity index (χ2n) is 7.41. The van der Waals surface area contributed by atoms with Crippen LogP contribution in [-0.4, -0.2) is 42.3 Å². The van der Waals surface area contributed by atoms with Crippen LogP contribution in [0.15, 0.2) is 29.4 Å². The molecule has 0 spiro atoms. The lowest BCUT2D eigenvalue weighted by atomic mass is 9.94. The van der Waals surface area contributed by atoms with Gasteiger partial charge in [0.15, 0.2) is 5.96 Å². The number of aromatic nitrogens is 1. The van der Waals surface area contributed by atoms with Gasteiger partial charge in [-0.15, -0.1) is 24.0 Å². The van der Waals surface area contributed by atoms with Gasteiger partial charge in [-0.05, 0) is 61.8 Å². The molecule has 1 heterocycles. The molecule has 4 N–H and O–H groups in total. The smallest absolute Gasteiger partial charge is 0.191 e. The van der Waals surface area contributed by atoms with Crippen molar-refractivity contribution in [2.24, 2.45) is 16.8 Å². The highest BCUT2D eigenvalue weighted by molar-refractivity contribution is 14.0. The Bertz CT molecular complexity index is 732. The van der Waals surface area contributed by atoms with Gasteiger partial charge in [0, 0.05) is 43.3 Å². The summed E-state index contributed by atoms with van der Waals surface area (Å²) in [5.41, 5.74) is 1.98. The Kier molecular flexibility index (Phi) is 11.4. The fourth-order valence-corrected chi connectivity index (χ4v) is 3.38. The van der Waals surface area contributed by atoms with E-state index in [1.807, 2.05) is 19.2 Å². The summed E-state index contributed by atoms with van der Waals surface area (Å²) >= 11 is 0. The minimum atomic E-state index is -0.227. The maximum absolute atomic E-state index is 13.3. The highest BCUT2D eigenvalue weighted by Gasteiger charge is 2.11. The van der Waals surface area contributed by atoms with Crippen molar-refractivity contribution >= 4 is 40.8 Å². The predicted molar refractivity (Wildman–Crippen MR) is 126 cm³/mol.